The third-order valence-electron chi connectivity index (χ3n) is 3.38. The van der Waals surface area contributed by atoms with Crippen molar-refractivity contribution in [1.29, 1.82) is 0 Å². The van der Waals surface area contributed by atoms with E-state index in [4.69, 9.17) is 9.15 Å². The molecule has 0 amide bonds. The lowest BCUT2D eigenvalue weighted by atomic mass is 9.80. The Labute approximate surface area is 117 Å². The largest absolute Gasteiger partial charge is 0.465 e. The SMILES string of the molecule is CCOC(=O)[C@@H](O)C1CCC/C(=C/c2ccco2)C1=O. The molecule has 0 radical (unpaired) electrons. The van der Waals surface area contributed by atoms with Crippen molar-refractivity contribution in [2.45, 2.75) is 32.3 Å². The Hall–Kier alpha value is -1.88. The van der Waals surface area contributed by atoms with Crippen LogP contribution >= 0.6 is 0 Å². The molecule has 1 aliphatic rings. The number of furan rings is 1. The number of allylic oxidation sites excluding steroid dienone is 1. The zero-order chi connectivity index (χ0) is 14.5. The average molecular weight is 278 g/mol. The maximum Gasteiger partial charge on any atom is 0.335 e. The van der Waals surface area contributed by atoms with Gasteiger partial charge in [-0.2, -0.15) is 0 Å². The highest BCUT2D eigenvalue weighted by atomic mass is 16.5. The molecule has 108 valence electrons. The highest BCUT2D eigenvalue weighted by Gasteiger charge is 2.36. The van der Waals surface area contributed by atoms with Gasteiger partial charge in [0.1, 0.15) is 5.76 Å². The predicted molar refractivity (Wildman–Crippen MR) is 71.7 cm³/mol. The number of carbonyl (C=O) groups excluding carboxylic acids is 2. The van der Waals surface area contributed by atoms with E-state index < -0.39 is 18.0 Å². The zero-order valence-electron chi connectivity index (χ0n) is 11.4. The van der Waals surface area contributed by atoms with Crippen LogP contribution in [0, 0.1) is 5.92 Å². The summed E-state index contributed by atoms with van der Waals surface area (Å²) in [4.78, 5) is 23.9. The quantitative estimate of drug-likeness (QED) is 0.673. The average Bonchev–Trinajstić information content (AvgIpc) is 2.93. The molecule has 1 aromatic heterocycles. The van der Waals surface area contributed by atoms with Gasteiger partial charge < -0.3 is 14.3 Å². The van der Waals surface area contributed by atoms with E-state index in [-0.39, 0.29) is 12.4 Å². The summed E-state index contributed by atoms with van der Waals surface area (Å²) in [6, 6.07) is 3.50. The van der Waals surface area contributed by atoms with Crippen molar-refractivity contribution in [3.63, 3.8) is 0 Å². The first-order valence-electron chi connectivity index (χ1n) is 6.76. The number of hydrogen-bond donors (Lipinski definition) is 1. The van der Waals surface area contributed by atoms with Crippen LogP contribution in [-0.4, -0.2) is 29.6 Å². The smallest absolute Gasteiger partial charge is 0.335 e. The van der Waals surface area contributed by atoms with E-state index in [1.165, 1.54) is 6.26 Å². The van der Waals surface area contributed by atoms with Gasteiger partial charge in [-0.3, -0.25) is 4.79 Å². The molecule has 2 atom stereocenters. The van der Waals surface area contributed by atoms with E-state index in [0.717, 1.165) is 6.42 Å². The first-order chi connectivity index (χ1) is 9.63. The Kier molecular flexibility index (Phi) is 4.74. The Morgan fingerprint density at radius 2 is 2.45 bits per heavy atom. The van der Waals surface area contributed by atoms with Crippen molar-refractivity contribution in [3.8, 4) is 0 Å². The van der Waals surface area contributed by atoms with E-state index in [9.17, 15) is 14.7 Å². The molecule has 0 bridgehead atoms. The summed E-state index contributed by atoms with van der Waals surface area (Å²) in [6.07, 6.45) is 3.69. The van der Waals surface area contributed by atoms with Crippen molar-refractivity contribution in [1.82, 2.24) is 0 Å². The number of rotatable bonds is 4. The molecule has 1 heterocycles. The minimum Gasteiger partial charge on any atom is -0.465 e. The van der Waals surface area contributed by atoms with Crippen LogP contribution in [0.3, 0.4) is 0 Å². The summed E-state index contributed by atoms with van der Waals surface area (Å²) >= 11 is 0. The molecule has 1 saturated carbocycles. The molecule has 5 heteroatoms. The van der Waals surface area contributed by atoms with Crippen molar-refractivity contribution in [3.05, 3.63) is 29.7 Å². The van der Waals surface area contributed by atoms with Gasteiger partial charge >= 0.3 is 5.97 Å². The molecule has 5 nitrogen and oxygen atoms in total. The zero-order valence-corrected chi connectivity index (χ0v) is 11.4. The first-order valence-corrected chi connectivity index (χ1v) is 6.76. The van der Waals surface area contributed by atoms with Gasteiger partial charge in [0.2, 0.25) is 0 Å². The normalized spacial score (nSPS) is 22.8. The van der Waals surface area contributed by atoms with E-state index in [2.05, 4.69) is 0 Å². The molecule has 1 aromatic rings. The molecule has 2 rings (SSSR count). The lowest BCUT2D eigenvalue weighted by Crippen LogP contribution is -2.38. The molecular formula is C15H18O5. The predicted octanol–water partition coefficient (Wildman–Crippen LogP) is 1.96. The van der Waals surface area contributed by atoms with Gasteiger partial charge in [-0.1, -0.05) is 0 Å². The number of aliphatic hydroxyl groups excluding tert-OH is 1. The summed E-state index contributed by atoms with van der Waals surface area (Å²) in [5.74, 6) is -1.05. The Bertz CT molecular complexity index is 500. The van der Waals surface area contributed by atoms with Gasteiger partial charge in [0.25, 0.3) is 0 Å². The molecular weight excluding hydrogens is 260 g/mol. The molecule has 0 spiro atoms. The number of hydrogen-bond acceptors (Lipinski definition) is 5. The first kappa shape index (κ1) is 14.5. The topological polar surface area (TPSA) is 76.7 Å². The summed E-state index contributed by atoms with van der Waals surface area (Å²) in [7, 11) is 0. The second kappa shape index (κ2) is 6.52. The standard InChI is InChI=1S/C15H18O5/c1-2-19-15(18)14(17)12-7-3-5-10(13(12)16)9-11-6-4-8-20-11/h4,6,8-9,12,14,17H,2-3,5,7H2,1H3/b10-9-/t12?,14-/m0/s1. The van der Waals surface area contributed by atoms with Gasteiger partial charge in [-0.25, -0.2) is 4.79 Å². The fraction of sp³-hybridized carbons (Fsp3) is 0.467. The maximum atomic E-state index is 12.3. The third-order valence-corrected chi connectivity index (χ3v) is 3.38. The van der Waals surface area contributed by atoms with E-state index in [1.807, 2.05) is 0 Å². The molecule has 0 aliphatic heterocycles. The maximum absolute atomic E-state index is 12.3. The van der Waals surface area contributed by atoms with Gasteiger partial charge in [0.05, 0.1) is 18.8 Å². The molecule has 1 fully saturated rings. The highest BCUT2D eigenvalue weighted by Crippen LogP contribution is 2.29. The number of aliphatic hydroxyl groups is 1. The summed E-state index contributed by atoms with van der Waals surface area (Å²) in [5, 5.41) is 9.94. The van der Waals surface area contributed by atoms with Crippen molar-refractivity contribution < 1.29 is 23.8 Å². The van der Waals surface area contributed by atoms with Crippen molar-refractivity contribution in [2.24, 2.45) is 5.92 Å². The van der Waals surface area contributed by atoms with Crippen molar-refractivity contribution >= 4 is 17.8 Å². The molecule has 1 unspecified atom stereocenters. The Morgan fingerprint density at radius 3 is 3.10 bits per heavy atom. The van der Waals surface area contributed by atoms with Crippen molar-refractivity contribution in [2.75, 3.05) is 6.61 Å². The van der Waals surface area contributed by atoms with E-state index in [0.29, 0.717) is 24.2 Å². The van der Waals surface area contributed by atoms with Crippen LogP contribution < -0.4 is 0 Å². The lowest BCUT2D eigenvalue weighted by molar-refractivity contribution is -0.158. The monoisotopic (exact) mass is 278 g/mol. The minimum atomic E-state index is -1.39. The third kappa shape index (κ3) is 3.17. The lowest BCUT2D eigenvalue weighted by Gasteiger charge is -2.25. The number of ketones is 1. The van der Waals surface area contributed by atoms with Gasteiger partial charge in [-0.05, 0) is 50.0 Å². The number of esters is 1. The van der Waals surface area contributed by atoms with Gasteiger partial charge in [-0.15, -0.1) is 0 Å². The Balaban J connectivity index is 2.12. The van der Waals surface area contributed by atoms with Crippen LogP contribution in [0.5, 0.6) is 0 Å². The van der Waals surface area contributed by atoms with E-state index in [1.54, 1.807) is 25.1 Å². The van der Waals surface area contributed by atoms with Crippen LogP contribution in [0.2, 0.25) is 0 Å². The molecule has 1 N–H and O–H groups in total. The molecule has 0 aromatic carbocycles. The fourth-order valence-electron chi connectivity index (χ4n) is 2.39. The number of ether oxygens (including phenoxy) is 1. The van der Waals surface area contributed by atoms with Crippen LogP contribution in [0.1, 0.15) is 31.9 Å². The fourth-order valence-corrected chi connectivity index (χ4v) is 2.39. The molecule has 20 heavy (non-hydrogen) atoms. The number of Topliss-reactive ketones (excluding diaryl/α,β-unsaturated/α-hetero) is 1. The second-order valence-electron chi connectivity index (χ2n) is 4.74. The van der Waals surface area contributed by atoms with Crippen LogP contribution in [0.4, 0.5) is 0 Å². The van der Waals surface area contributed by atoms with E-state index >= 15 is 0 Å². The minimum absolute atomic E-state index is 0.186. The molecule has 1 aliphatic carbocycles. The van der Waals surface area contributed by atoms with Gasteiger partial charge in [0, 0.05) is 0 Å². The van der Waals surface area contributed by atoms with Crippen LogP contribution in [0.15, 0.2) is 28.4 Å². The summed E-state index contributed by atoms with van der Waals surface area (Å²) in [6.45, 7) is 1.85. The number of carbonyl (C=O) groups is 2. The summed E-state index contributed by atoms with van der Waals surface area (Å²) < 4.78 is 9.95. The Morgan fingerprint density at radius 1 is 1.65 bits per heavy atom. The summed E-state index contributed by atoms with van der Waals surface area (Å²) in [5.41, 5.74) is 0.583. The van der Waals surface area contributed by atoms with Crippen LogP contribution in [-0.2, 0) is 14.3 Å². The van der Waals surface area contributed by atoms with Gasteiger partial charge in [0.15, 0.2) is 11.9 Å². The molecule has 0 saturated heterocycles. The highest BCUT2D eigenvalue weighted by molar-refractivity contribution is 6.03. The van der Waals surface area contributed by atoms with Crippen LogP contribution in [0.25, 0.3) is 6.08 Å². The second-order valence-corrected chi connectivity index (χ2v) is 4.74.